The maximum atomic E-state index is 14.7. The summed E-state index contributed by atoms with van der Waals surface area (Å²) in [7, 11) is 0. The Hall–Kier alpha value is -3.70. The first-order valence-corrected chi connectivity index (χ1v) is 12.1. The minimum Gasteiger partial charge on any atom is -0.397 e. The molecule has 1 fully saturated rings. The number of rotatable bonds is 4. The number of benzene rings is 1. The van der Waals surface area contributed by atoms with Crippen molar-refractivity contribution in [2.24, 2.45) is 11.7 Å². The highest BCUT2D eigenvalue weighted by Gasteiger charge is 2.33. The third kappa shape index (κ3) is 4.60. The molecule has 0 saturated carbocycles. The number of aromatic nitrogens is 2. The summed E-state index contributed by atoms with van der Waals surface area (Å²) in [6.07, 6.45) is 2.67. The molecule has 1 amide bonds. The molecule has 0 spiro atoms. The Kier molecular flexibility index (Phi) is 6.50. The molecule has 3 unspecified atom stereocenters. The van der Waals surface area contributed by atoms with E-state index in [4.69, 9.17) is 11.5 Å². The summed E-state index contributed by atoms with van der Waals surface area (Å²) in [5.41, 5.74) is 12.6. The largest absolute Gasteiger partial charge is 0.397 e. The first kappa shape index (κ1) is 25.0. The summed E-state index contributed by atoms with van der Waals surface area (Å²) in [4.78, 5) is 23.7. The Morgan fingerprint density at radius 3 is 2.62 bits per heavy atom. The highest BCUT2D eigenvalue weighted by Crippen LogP contribution is 2.42. The Morgan fingerprint density at radius 2 is 1.92 bits per heavy atom. The number of nitrogen functional groups attached to an aromatic ring is 1. The van der Waals surface area contributed by atoms with Crippen LogP contribution in [0.15, 0.2) is 30.5 Å². The minimum atomic E-state index is -1.07. The Morgan fingerprint density at radius 1 is 1.19 bits per heavy atom. The van der Waals surface area contributed by atoms with Crippen molar-refractivity contribution < 1.29 is 23.1 Å². The number of anilines is 3. The van der Waals surface area contributed by atoms with Crippen molar-refractivity contribution in [2.75, 3.05) is 29.0 Å². The zero-order chi connectivity index (χ0) is 26.4. The van der Waals surface area contributed by atoms with Crippen molar-refractivity contribution in [1.82, 2.24) is 9.97 Å². The van der Waals surface area contributed by atoms with Gasteiger partial charge in [0.15, 0.2) is 11.5 Å². The number of carbonyl (C=O) groups is 1. The van der Waals surface area contributed by atoms with Gasteiger partial charge in [-0.3, -0.25) is 9.78 Å². The van der Waals surface area contributed by atoms with Gasteiger partial charge in [0.25, 0.3) is 5.91 Å². The summed E-state index contributed by atoms with van der Waals surface area (Å²) >= 11 is 0. The molecule has 2 aliphatic rings. The summed E-state index contributed by atoms with van der Waals surface area (Å²) in [5.74, 6) is -3.62. The zero-order valence-corrected chi connectivity index (χ0v) is 20.1. The molecule has 11 heteroatoms. The van der Waals surface area contributed by atoms with Crippen LogP contribution >= 0.6 is 0 Å². The SMILES string of the molecule is CC1CC(N)CN(c2c(NC(=O)c3nc(-c4c(F)cccc4F)c(F)cc3N)cnc3c2CCC3O)C1. The molecule has 194 valence electrons. The van der Waals surface area contributed by atoms with Crippen molar-refractivity contribution in [3.8, 4) is 11.3 Å². The van der Waals surface area contributed by atoms with Crippen LogP contribution in [0.1, 0.15) is 47.6 Å². The molecule has 2 aromatic heterocycles. The van der Waals surface area contributed by atoms with Crippen LogP contribution in [-0.2, 0) is 6.42 Å². The molecule has 3 heterocycles. The molecule has 8 nitrogen and oxygen atoms in total. The fraction of sp³-hybridized carbons (Fsp3) is 0.346. The van der Waals surface area contributed by atoms with Crippen LogP contribution in [0.4, 0.5) is 30.2 Å². The molecule has 6 N–H and O–H groups in total. The number of nitrogens with two attached hydrogens (primary N) is 2. The van der Waals surface area contributed by atoms with Crippen molar-refractivity contribution in [3.63, 3.8) is 0 Å². The first-order chi connectivity index (χ1) is 17.6. The van der Waals surface area contributed by atoms with Gasteiger partial charge in [-0.15, -0.1) is 0 Å². The molecule has 3 atom stereocenters. The highest BCUT2D eigenvalue weighted by atomic mass is 19.1. The van der Waals surface area contributed by atoms with Crippen LogP contribution in [0.25, 0.3) is 11.3 Å². The van der Waals surface area contributed by atoms with Crippen LogP contribution in [0.3, 0.4) is 0 Å². The van der Waals surface area contributed by atoms with E-state index >= 15 is 0 Å². The van der Waals surface area contributed by atoms with Crippen LogP contribution in [0.2, 0.25) is 0 Å². The molecule has 1 aromatic carbocycles. The van der Waals surface area contributed by atoms with Gasteiger partial charge in [0.05, 0.1) is 40.6 Å². The van der Waals surface area contributed by atoms with Gasteiger partial charge in [0, 0.05) is 30.8 Å². The molecule has 1 aliphatic carbocycles. The number of pyridine rings is 2. The molecule has 5 rings (SSSR count). The third-order valence-corrected chi connectivity index (χ3v) is 6.84. The average Bonchev–Trinajstić information content (AvgIpc) is 3.20. The molecular formula is C26H27F3N6O2. The van der Waals surface area contributed by atoms with Gasteiger partial charge in [-0.05, 0) is 37.3 Å². The van der Waals surface area contributed by atoms with Crippen molar-refractivity contribution >= 4 is 23.0 Å². The Labute approximate surface area is 211 Å². The van der Waals surface area contributed by atoms with E-state index in [0.717, 1.165) is 36.2 Å². The smallest absolute Gasteiger partial charge is 0.276 e. The second kappa shape index (κ2) is 9.64. The Bertz CT molecular complexity index is 1350. The number of halogens is 3. The number of hydrogen-bond donors (Lipinski definition) is 4. The van der Waals surface area contributed by atoms with Gasteiger partial charge in [0.2, 0.25) is 0 Å². The number of nitrogens with zero attached hydrogens (tertiary/aromatic N) is 3. The first-order valence-electron chi connectivity index (χ1n) is 12.1. The maximum Gasteiger partial charge on any atom is 0.276 e. The van der Waals surface area contributed by atoms with Gasteiger partial charge in [-0.2, -0.15) is 0 Å². The van der Waals surface area contributed by atoms with Crippen LogP contribution in [-0.4, -0.2) is 40.1 Å². The quantitative estimate of drug-likeness (QED) is 0.421. The summed E-state index contributed by atoms with van der Waals surface area (Å²) in [5, 5.41) is 13.1. The summed E-state index contributed by atoms with van der Waals surface area (Å²) < 4.78 is 43.4. The molecular weight excluding hydrogens is 485 g/mol. The van der Waals surface area contributed by atoms with Crippen molar-refractivity contribution in [2.45, 2.75) is 38.3 Å². The van der Waals surface area contributed by atoms with Gasteiger partial charge in [0.1, 0.15) is 17.3 Å². The summed E-state index contributed by atoms with van der Waals surface area (Å²) in [6, 6.07) is 3.82. The molecule has 1 aliphatic heterocycles. The second-order valence-corrected chi connectivity index (χ2v) is 9.75. The maximum absolute atomic E-state index is 14.7. The molecule has 3 aromatic rings. The number of amides is 1. The fourth-order valence-electron chi connectivity index (χ4n) is 5.31. The lowest BCUT2D eigenvalue weighted by Gasteiger charge is -2.38. The number of piperidine rings is 1. The fourth-order valence-corrected chi connectivity index (χ4v) is 5.31. The number of carbonyl (C=O) groups excluding carboxylic acids is 1. The van der Waals surface area contributed by atoms with E-state index in [-0.39, 0.29) is 11.7 Å². The molecule has 37 heavy (non-hydrogen) atoms. The number of hydrogen-bond acceptors (Lipinski definition) is 7. The number of aliphatic hydroxyl groups is 1. The van der Waals surface area contributed by atoms with Crippen molar-refractivity contribution in [1.29, 1.82) is 0 Å². The van der Waals surface area contributed by atoms with Crippen LogP contribution < -0.4 is 21.7 Å². The van der Waals surface area contributed by atoms with E-state index in [1.807, 2.05) is 0 Å². The van der Waals surface area contributed by atoms with E-state index in [1.54, 1.807) is 0 Å². The monoisotopic (exact) mass is 512 g/mol. The van der Waals surface area contributed by atoms with Gasteiger partial charge >= 0.3 is 0 Å². The second-order valence-electron chi connectivity index (χ2n) is 9.75. The topological polar surface area (TPSA) is 130 Å². The summed E-state index contributed by atoms with van der Waals surface area (Å²) in [6.45, 7) is 3.33. The molecule has 1 saturated heterocycles. The number of fused-ring (bicyclic) bond motifs is 1. The van der Waals surface area contributed by atoms with Crippen LogP contribution in [0, 0.1) is 23.4 Å². The highest BCUT2D eigenvalue weighted by molar-refractivity contribution is 6.08. The van der Waals surface area contributed by atoms with E-state index < -0.39 is 46.4 Å². The predicted octanol–water partition coefficient (Wildman–Crippen LogP) is 3.55. The minimum absolute atomic E-state index is 0.0740. The lowest BCUT2D eigenvalue weighted by atomic mass is 9.95. The van der Waals surface area contributed by atoms with Crippen molar-refractivity contribution in [3.05, 3.63) is 64.9 Å². The van der Waals surface area contributed by atoms with E-state index in [0.29, 0.717) is 48.9 Å². The Balaban J connectivity index is 1.55. The standard InChI is InChI=1S/C26H27F3N6O2/c1-12-7-13(30)11-35(10-12)25-14-5-6-20(36)22(14)32-9-19(25)33-26(37)24-18(31)8-17(29)23(34-24)21-15(27)3-2-4-16(21)28/h2-4,8-9,12-13,20,36H,5-7,10-11,30-31H2,1H3,(H,33,37). The van der Waals surface area contributed by atoms with Gasteiger partial charge in [-0.25, -0.2) is 18.2 Å². The predicted molar refractivity (Wildman–Crippen MR) is 133 cm³/mol. The third-order valence-electron chi connectivity index (χ3n) is 6.84. The average molecular weight is 513 g/mol. The zero-order valence-electron chi connectivity index (χ0n) is 20.1. The normalized spacial score (nSPS) is 21.1. The van der Waals surface area contributed by atoms with Crippen LogP contribution in [0.5, 0.6) is 0 Å². The number of aliphatic hydroxyl groups excluding tert-OH is 1. The van der Waals surface area contributed by atoms with E-state index in [9.17, 15) is 23.1 Å². The van der Waals surface area contributed by atoms with Gasteiger partial charge < -0.3 is 26.8 Å². The van der Waals surface area contributed by atoms with E-state index in [1.165, 1.54) is 6.20 Å². The van der Waals surface area contributed by atoms with E-state index in [2.05, 4.69) is 27.1 Å². The van der Waals surface area contributed by atoms with Gasteiger partial charge in [-0.1, -0.05) is 13.0 Å². The molecule has 0 bridgehead atoms. The lowest BCUT2D eigenvalue weighted by Crippen LogP contribution is -2.47. The molecule has 0 radical (unpaired) electrons. The lowest BCUT2D eigenvalue weighted by molar-refractivity contribution is 0.102. The number of nitrogens with one attached hydrogen (secondary N) is 1.